The van der Waals surface area contributed by atoms with E-state index in [-0.39, 0.29) is 5.69 Å². The molecule has 0 fully saturated rings. The zero-order valence-electron chi connectivity index (χ0n) is 12.1. The monoisotopic (exact) mass is 348 g/mol. The predicted octanol–water partition coefficient (Wildman–Crippen LogP) is 2.25. The number of aryl methyl sites for hydroxylation is 1. The van der Waals surface area contributed by atoms with E-state index < -0.39 is 0 Å². The Kier molecular flexibility index (Phi) is 3.58. The van der Waals surface area contributed by atoms with Crippen LogP contribution in [0.15, 0.2) is 38.7 Å². The van der Waals surface area contributed by atoms with Gasteiger partial charge in [0.15, 0.2) is 15.8 Å². The standard InChI is InChI=1S/C14H12N4O3S2/c1-8-7-15-14(22-8)23-13-17-16-12(19)18(13)9-2-3-10-11(6-9)21-5-4-20-10/h2-3,6-7H,4-5H2,1H3,(H,16,19). The second-order valence-corrected chi connectivity index (χ2v) is 7.26. The highest BCUT2D eigenvalue weighted by atomic mass is 32.2. The van der Waals surface area contributed by atoms with Crippen LogP contribution in [0.5, 0.6) is 11.5 Å². The summed E-state index contributed by atoms with van der Waals surface area (Å²) >= 11 is 2.90. The molecule has 0 bridgehead atoms. The Morgan fingerprint density at radius 3 is 2.91 bits per heavy atom. The third-order valence-electron chi connectivity index (χ3n) is 3.20. The molecule has 3 aromatic rings. The van der Waals surface area contributed by atoms with Crippen LogP contribution in [0.1, 0.15) is 4.88 Å². The Balaban J connectivity index is 1.74. The second kappa shape index (κ2) is 5.74. The van der Waals surface area contributed by atoms with Crippen molar-refractivity contribution in [3.63, 3.8) is 0 Å². The Morgan fingerprint density at radius 1 is 1.30 bits per heavy atom. The van der Waals surface area contributed by atoms with E-state index in [1.54, 1.807) is 29.7 Å². The van der Waals surface area contributed by atoms with E-state index >= 15 is 0 Å². The summed E-state index contributed by atoms with van der Waals surface area (Å²) in [6.45, 7) is 3.01. The van der Waals surface area contributed by atoms with E-state index in [4.69, 9.17) is 9.47 Å². The summed E-state index contributed by atoms with van der Waals surface area (Å²) in [6.07, 6.45) is 1.80. The molecule has 0 radical (unpaired) electrons. The molecule has 4 rings (SSSR count). The average molecular weight is 348 g/mol. The summed E-state index contributed by atoms with van der Waals surface area (Å²) < 4.78 is 13.4. The summed E-state index contributed by atoms with van der Waals surface area (Å²) in [4.78, 5) is 17.5. The number of thiazole rings is 1. The van der Waals surface area contributed by atoms with E-state index in [9.17, 15) is 4.79 Å². The van der Waals surface area contributed by atoms with Gasteiger partial charge in [-0.05, 0) is 30.8 Å². The Labute approximate surface area is 139 Å². The number of H-pyrrole nitrogens is 1. The fourth-order valence-corrected chi connectivity index (χ4v) is 4.11. The number of nitrogens with zero attached hydrogens (tertiary/aromatic N) is 3. The first-order valence-corrected chi connectivity index (χ1v) is 8.52. The van der Waals surface area contributed by atoms with Crippen molar-refractivity contribution in [2.75, 3.05) is 13.2 Å². The van der Waals surface area contributed by atoms with E-state index in [1.807, 2.05) is 13.0 Å². The van der Waals surface area contributed by atoms with Crippen LogP contribution in [0.4, 0.5) is 0 Å². The first-order chi connectivity index (χ1) is 11.2. The molecule has 1 aromatic carbocycles. The third kappa shape index (κ3) is 2.73. The van der Waals surface area contributed by atoms with Gasteiger partial charge in [-0.15, -0.1) is 16.4 Å². The van der Waals surface area contributed by atoms with Crippen LogP contribution in [0.3, 0.4) is 0 Å². The van der Waals surface area contributed by atoms with E-state index in [1.165, 1.54) is 16.3 Å². The van der Waals surface area contributed by atoms with Gasteiger partial charge in [-0.2, -0.15) is 0 Å². The number of fused-ring (bicyclic) bond motifs is 1. The first kappa shape index (κ1) is 14.3. The van der Waals surface area contributed by atoms with Gasteiger partial charge in [0.05, 0.1) is 5.69 Å². The number of nitrogens with one attached hydrogen (secondary N) is 1. The number of rotatable bonds is 3. The van der Waals surface area contributed by atoms with Gasteiger partial charge in [-0.1, -0.05) is 0 Å². The lowest BCUT2D eigenvalue weighted by atomic mass is 10.2. The minimum Gasteiger partial charge on any atom is -0.486 e. The second-order valence-electron chi connectivity index (χ2n) is 4.81. The van der Waals surface area contributed by atoms with Crippen molar-refractivity contribution >= 4 is 23.1 Å². The lowest BCUT2D eigenvalue weighted by Gasteiger charge is -2.19. The lowest BCUT2D eigenvalue weighted by molar-refractivity contribution is 0.171. The minimum atomic E-state index is -0.308. The maximum Gasteiger partial charge on any atom is 0.348 e. The van der Waals surface area contributed by atoms with Crippen molar-refractivity contribution in [1.29, 1.82) is 0 Å². The van der Waals surface area contributed by atoms with E-state index in [0.717, 1.165) is 9.22 Å². The van der Waals surface area contributed by atoms with Gasteiger partial charge in [0.2, 0.25) is 5.16 Å². The summed E-state index contributed by atoms with van der Waals surface area (Å²) in [5.74, 6) is 1.31. The van der Waals surface area contributed by atoms with Crippen molar-refractivity contribution in [3.8, 4) is 17.2 Å². The van der Waals surface area contributed by atoms with Gasteiger partial charge in [0.1, 0.15) is 13.2 Å². The normalized spacial score (nSPS) is 13.3. The topological polar surface area (TPSA) is 82.0 Å². The third-order valence-corrected chi connectivity index (χ3v) is 5.15. The number of benzene rings is 1. The fourth-order valence-electron chi connectivity index (χ4n) is 2.21. The van der Waals surface area contributed by atoms with E-state index in [2.05, 4.69) is 15.2 Å². The molecule has 0 aliphatic carbocycles. The highest BCUT2D eigenvalue weighted by Crippen LogP contribution is 2.34. The zero-order chi connectivity index (χ0) is 15.8. The number of hydrogen-bond donors (Lipinski definition) is 1. The SMILES string of the molecule is Cc1cnc(Sc2n[nH]c(=O)n2-c2ccc3c(c2)OCCO3)s1. The summed E-state index contributed by atoms with van der Waals surface area (Å²) in [5.41, 5.74) is 0.362. The molecule has 0 saturated carbocycles. The number of ether oxygens (including phenoxy) is 2. The highest BCUT2D eigenvalue weighted by molar-refractivity contribution is 8.00. The van der Waals surface area contributed by atoms with Crippen molar-refractivity contribution < 1.29 is 9.47 Å². The molecule has 1 N–H and O–H groups in total. The molecule has 1 aliphatic rings. The van der Waals surface area contributed by atoms with E-state index in [0.29, 0.717) is 35.6 Å². The largest absolute Gasteiger partial charge is 0.486 e. The molecule has 118 valence electrons. The predicted molar refractivity (Wildman–Crippen MR) is 86.1 cm³/mol. The quantitative estimate of drug-likeness (QED) is 0.782. The van der Waals surface area contributed by atoms with Crippen molar-refractivity contribution in [2.45, 2.75) is 16.4 Å². The van der Waals surface area contributed by atoms with Crippen LogP contribution >= 0.6 is 23.1 Å². The van der Waals surface area contributed by atoms with Gasteiger partial charge in [0, 0.05) is 17.1 Å². The van der Waals surface area contributed by atoms with Crippen LogP contribution in [-0.2, 0) is 0 Å². The molecule has 1 aliphatic heterocycles. The molecular weight excluding hydrogens is 336 g/mol. The lowest BCUT2D eigenvalue weighted by Crippen LogP contribution is -2.18. The smallest absolute Gasteiger partial charge is 0.348 e. The summed E-state index contributed by atoms with van der Waals surface area (Å²) in [6, 6.07) is 5.38. The fraction of sp³-hybridized carbons (Fsp3) is 0.214. The molecule has 9 heteroatoms. The molecule has 23 heavy (non-hydrogen) atoms. The molecule has 0 unspecified atom stereocenters. The van der Waals surface area contributed by atoms with Crippen LogP contribution in [0, 0.1) is 6.92 Å². The van der Waals surface area contributed by atoms with Gasteiger partial charge in [-0.25, -0.2) is 19.4 Å². The Hall–Kier alpha value is -2.26. The molecule has 0 spiro atoms. The molecule has 2 aromatic heterocycles. The summed E-state index contributed by atoms with van der Waals surface area (Å²) in [7, 11) is 0. The van der Waals surface area contributed by atoms with Gasteiger partial charge in [0.25, 0.3) is 0 Å². The average Bonchev–Trinajstić information content (AvgIpc) is 3.13. The highest BCUT2D eigenvalue weighted by Gasteiger charge is 2.17. The Morgan fingerprint density at radius 2 is 2.13 bits per heavy atom. The maximum absolute atomic E-state index is 12.1. The minimum absolute atomic E-state index is 0.308. The number of aromatic amines is 1. The zero-order valence-corrected chi connectivity index (χ0v) is 13.7. The molecule has 3 heterocycles. The van der Waals surface area contributed by atoms with Crippen LogP contribution in [0.2, 0.25) is 0 Å². The first-order valence-electron chi connectivity index (χ1n) is 6.88. The molecule has 0 amide bonds. The van der Waals surface area contributed by atoms with Gasteiger partial charge >= 0.3 is 5.69 Å². The Bertz CT molecular complexity index is 915. The van der Waals surface area contributed by atoms with Crippen LogP contribution < -0.4 is 15.2 Å². The summed E-state index contributed by atoms with van der Waals surface area (Å²) in [5, 5.41) is 7.10. The molecule has 0 atom stereocenters. The van der Waals surface area contributed by atoms with Crippen molar-refractivity contribution in [3.05, 3.63) is 39.8 Å². The molecule has 7 nitrogen and oxygen atoms in total. The van der Waals surface area contributed by atoms with Crippen LogP contribution in [-0.4, -0.2) is 33.0 Å². The van der Waals surface area contributed by atoms with Crippen molar-refractivity contribution in [2.24, 2.45) is 0 Å². The number of hydrogen-bond acceptors (Lipinski definition) is 7. The van der Waals surface area contributed by atoms with Gasteiger partial charge < -0.3 is 9.47 Å². The molecular formula is C14H12N4O3S2. The number of aromatic nitrogens is 4. The van der Waals surface area contributed by atoms with Crippen molar-refractivity contribution in [1.82, 2.24) is 19.7 Å². The van der Waals surface area contributed by atoms with Crippen LogP contribution in [0.25, 0.3) is 5.69 Å². The molecule has 0 saturated heterocycles. The maximum atomic E-state index is 12.1. The van der Waals surface area contributed by atoms with Gasteiger partial charge in [-0.3, -0.25) is 0 Å².